The van der Waals surface area contributed by atoms with Gasteiger partial charge < -0.3 is 15.3 Å². The van der Waals surface area contributed by atoms with Gasteiger partial charge in [0.15, 0.2) is 17.2 Å². The van der Waals surface area contributed by atoms with Crippen LogP contribution in [-0.4, -0.2) is 28.1 Å². The number of aromatic nitrogens is 1. The number of aromatic hydroxyl groups is 3. The molecule has 1 aromatic heterocycles. The first-order chi connectivity index (χ1) is 8.61. The average molecular weight is 239 g/mol. The predicted octanol–water partition coefficient (Wildman–Crippen LogP) is 0.758. The second-order valence-corrected chi connectivity index (χ2v) is 4.32. The van der Waals surface area contributed by atoms with E-state index in [-0.39, 0.29) is 11.2 Å². The van der Waals surface area contributed by atoms with Gasteiger partial charge in [-0.05, 0) is 35.5 Å². The van der Waals surface area contributed by atoms with Crippen molar-refractivity contribution in [2.24, 2.45) is 0 Å². The molecule has 2 aromatic rings. The molecular weight excluding hydrogens is 229 g/mol. The highest BCUT2D eigenvalue weighted by molar-refractivity contribution is 6.36. The lowest BCUT2D eigenvalue weighted by molar-refractivity contribution is 0.370. The van der Waals surface area contributed by atoms with Crippen LogP contribution in [0.3, 0.4) is 0 Å². The van der Waals surface area contributed by atoms with Crippen LogP contribution in [0.1, 0.15) is 11.1 Å². The lowest BCUT2D eigenvalue weighted by Crippen LogP contribution is -2.18. The number of hydrogen-bond acceptors (Lipinski definition) is 4. The molecule has 5 heteroatoms. The normalized spacial score (nSPS) is 12.9. The number of nitrogens with zero attached hydrogens (tertiary/aromatic N) is 1. The van der Waals surface area contributed by atoms with Gasteiger partial charge in [-0.3, -0.25) is 4.98 Å². The first-order valence-corrected chi connectivity index (χ1v) is 5.60. The van der Waals surface area contributed by atoms with Crippen LogP contribution in [0.4, 0.5) is 0 Å². The largest absolute Gasteiger partial charge is 0.505 e. The fraction of sp³-hybridized carbons (Fsp3) is 0.154. The molecule has 0 fully saturated rings. The zero-order chi connectivity index (χ0) is 12.9. The molecule has 0 amide bonds. The summed E-state index contributed by atoms with van der Waals surface area (Å²) in [6.07, 6.45) is 2.96. The van der Waals surface area contributed by atoms with Crippen molar-refractivity contribution in [1.82, 2.24) is 4.98 Å². The molecule has 0 unspecified atom stereocenters. The average Bonchev–Trinajstić information content (AvgIpc) is 2.41. The Morgan fingerprint density at radius 2 is 1.83 bits per heavy atom. The first kappa shape index (κ1) is 11.0. The minimum Gasteiger partial charge on any atom is -0.505 e. The summed E-state index contributed by atoms with van der Waals surface area (Å²) < 4.78 is 0. The summed E-state index contributed by atoms with van der Waals surface area (Å²) in [6, 6.07) is 3.75. The predicted molar refractivity (Wildman–Crippen MR) is 67.5 cm³/mol. The Kier molecular flexibility index (Phi) is 2.23. The standard InChI is InChI=1S/C13H10BNO3/c14-9-7-4-3-6-2-1-5-15-10(6)8(7)11(16)13(18)12(9)17/h1-2,5,16-18H,3-4H2. The summed E-state index contributed by atoms with van der Waals surface area (Å²) in [5, 5.41) is 29.3. The summed E-state index contributed by atoms with van der Waals surface area (Å²) in [7, 11) is 5.78. The molecule has 18 heavy (non-hydrogen) atoms. The Bertz CT molecular complexity index is 655. The SMILES string of the molecule is [B]c1c(O)c(O)c(O)c2c1CCc1cccnc1-2. The minimum atomic E-state index is -0.593. The molecule has 4 nitrogen and oxygen atoms in total. The molecule has 0 bridgehead atoms. The molecule has 1 aliphatic carbocycles. The second kappa shape index (κ2) is 3.66. The molecule has 1 aromatic carbocycles. The topological polar surface area (TPSA) is 73.6 Å². The van der Waals surface area contributed by atoms with Crippen LogP contribution in [0, 0.1) is 0 Å². The zero-order valence-electron chi connectivity index (χ0n) is 9.51. The van der Waals surface area contributed by atoms with Crippen LogP contribution < -0.4 is 5.46 Å². The number of rotatable bonds is 0. The van der Waals surface area contributed by atoms with E-state index in [1.807, 2.05) is 12.1 Å². The van der Waals surface area contributed by atoms with E-state index in [9.17, 15) is 15.3 Å². The first-order valence-electron chi connectivity index (χ1n) is 5.60. The van der Waals surface area contributed by atoms with Crippen molar-refractivity contribution in [3.63, 3.8) is 0 Å². The van der Waals surface area contributed by atoms with Crippen LogP contribution in [0.25, 0.3) is 11.3 Å². The molecule has 0 aliphatic heterocycles. The lowest BCUT2D eigenvalue weighted by Gasteiger charge is -2.23. The van der Waals surface area contributed by atoms with Gasteiger partial charge in [0.25, 0.3) is 0 Å². The van der Waals surface area contributed by atoms with Crippen LogP contribution in [0.2, 0.25) is 0 Å². The van der Waals surface area contributed by atoms with Crippen molar-refractivity contribution in [3.8, 4) is 28.5 Å². The van der Waals surface area contributed by atoms with Gasteiger partial charge in [0.2, 0.25) is 0 Å². The summed E-state index contributed by atoms with van der Waals surface area (Å²) in [6.45, 7) is 0. The lowest BCUT2D eigenvalue weighted by atomic mass is 9.78. The molecule has 1 heterocycles. The molecule has 88 valence electrons. The number of fused-ring (bicyclic) bond motifs is 3. The molecule has 3 rings (SSSR count). The fourth-order valence-electron chi connectivity index (χ4n) is 2.42. The minimum absolute atomic E-state index is 0.108. The number of hydrogen-bond donors (Lipinski definition) is 3. The van der Waals surface area contributed by atoms with E-state index in [1.54, 1.807) is 6.20 Å². The maximum absolute atomic E-state index is 9.99. The number of phenolic OH excluding ortho intramolecular Hbond substituents is 3. The van der Waals surface area contributed by atoms with E-state index in [4.69, 9.17) is 7.85 Å². The van der Waals surface area contributed by atoms with Crippen LogP contribution >= 0.6 is 0 Å². The molecule has 0 spiro atoms. The fourth-order valence-corrected chi connectivity index (χ4v) is 2.42. The van der Waals surface area contributed by atoms with Gasteiger partial charge in [-0.15, -0.1) is 0 Å². The van der Waals surface area contributed by atoms with Crippen molar-refractivity contribution in [3.05, 3.63) is 29.5 Å². The van der Waals surface area contributed by atoms with Gasteiger partial charge in [0, 0.05) is 11.8 Å². The summed E-state index contributed by atoms with van der Waals surface area (Å²) in [4.78, 5) is 4.23. The zero-order valence-corrected chi connectivity index (χ0v) is 9.51. The number of pyridine rings is 1. The second-order valence-electron chi connectivity index (χ2n) is 4.32. The van der Waals surface area contributed by atoms with Crippen molar-refractivity contribution < 1.29 is 15.3 Å². The third-order valence-corrected chi connectivity index (χ3v) is 3.34. The van der Waals surface area contributed by atoms with Gasteiger partial charge >= 0.3 is 0 Å². The van der Waals surface area contributed by atoms with Crippen molar-refractivity contribution in [2.45, 2.75) is 12.8 Å². The van der Waals surface area contributed by atoms with E-state index < -0.39 is 11.5 Å². The number of benzene rings is 1. The quantitative estimate of drug-likeness (QED) is 0.468. The molecule has 0 saturated heterocycles. The van der Waals surface area contributed by atoms with Crippen LogP contribution in [0.15, 0.2) is 18.3 Å². The summed E-state index contributed by atoms with van der Waals surface area (Å²) in [5.74, 6) is -1.42. The molecule has 0 atom stereocenters. The Morgan fingerprint density at radius 1 is 1.06 bits per heavy atom. The van der Waals surface area contributed by atoms with Crippen molar-refractivity contribution in [1.29, 1.82) is 0 Å². The van der Waals surface area contributed by atoms with Gasteiger partial charge in [-0.25, -0.2) is 0 Å². The molecular formula is C13H10BNO3. The van der Waals surface area contributed by atoms with Gasteiger partial charge in [-0.2, -0.15) is 0 Å². The Hall–Kier alpha value is -2.17. The molecule has 3 N–H and O–H groups in total. The Morgan fingerprint density at radius 3 is 2.61 bits per heavy atom. The van der Waals surface area contributed by atoms with Crippen LogP contribution in [-0.2, 0) is 12.8 Å². The van der Waals surface area contributed by atoms with E-state index in [0.717, 1.165) is 12.0 Å². The van der Waals surface area contributed by atoms with E-state index >= 15 is 0 Å². The Balaban J connectivity index is 2.41. The molecule has 2 radical (unpaired) electrons. The summed E-state index contributed by atoms with van der Waals surface area (Å²) >= 11 is 0. The highest BCUT2D eigenvalue weighted by atomic mass is 16.3. The van der Waals surface area contributed by atoms with E-state index in [0.29, 0.717) is 23.2 Å². The highest BCUT2D eigenvalue weighted by Gasteiger charge is 2.26. The molecule has 0 saturated carbocycles. The maximum Gasteiger partial charge on any atom is 0.200 e. The van der Waals surface area contributed by atoms with E-state index in [1.165, 1.54) is 0 Å². The Labute approximate surface area is 105 Å². The maximum atomic E-state index is 9.99. The van der Waals surface area contributed by atoms with Crippen molar-refractivity contribution in [2.75, 3.05) is 0 Å². The smallest absolute Gasteiger partial charge is 0.200 e. The van der Waals surface area contributed by atoms with E-state index in [2.05, 4.69) is 4.98 Å². The number of phenols is 3. The van der Waals surface area contributed by atoms with Crippen LogP contribution in [0.5, 0.6) is 17.2 Å². The number of aryl methyl sites for hydroxylation is 1. The van der Waals surface area contributed by atoms with Gasteiger partial charge in [0.05, 0.1) is 5.69 Å². The third-order valence-electron chi connectivity index (χ3n) is 3.34. The third kappa shape index (κ3) is 1.30. The van der Waals surface area contributed by atoms with Gasteiger partial charge in [0.1, 0.15) is 7.85 Å². The monoisotopic (exact) mass is 239 g/mol. The highest BCUT2D eigenvalue weighted by Crippen LogP contribution is 2.45. The summed E-state index contributed by atoms with van der Waals surface area (Å²) in [5.41, 5.74) is 2.76. The van der Waals surface area contributed by atoms with Crippen molar-refractivity contribution >= 4 is 13.3 Å². The molecule has 1 aliphatic rings. The van der Waals surface area contributed by atoms with Gasteiger partial charge in [-0.1, -0.05) is 6.07 Å².